The van der Waals surface area contributed by atoms with Crippen molar-refractivity contribution in [3.63, 3.8) is 0 Å². The molecule has 2 unspecified atom stereocenters. The van der Waals surface area contributed by atoms with Gasteiger partial charge >= 0.3 is 6.36 Å². The number of aryl methyl sites for hydroxylation is 1. The van der Waals surface area contributed by atoms with Gasteiger partial charge in [0.05, 0.1) is 0 Å². The highest BCUT2D eigenvalue weighted by Crippen LogP contribution is 2.24. The standard InChI is InChI=1S/C17H23F3N2O2/c1-12(21)15-4-2-3-11-22(15)16(23)10-7-13-5-8-14(9-6-13)24-17(18,19)20/h5-6,8-9,12,15H,2-4,7,10-11,21H2,1H3. The van der Waals surface area contributed by atoms with E-state index in [0.29, 0.717) is 12.8 Å². The Bertz CT molecular complexity index is 544. The van der Waals surface area contributed by atoms with Gasteiger partial charge in [0.2, 0.25) is 5.91 Å². The van der Waals surface area contributed by atoms with Crippen LogP contribution in [0.25, 0.3) is 0 Å². The van der Waals surface area contributed by atoms with E-state index in [-0.39, 0.29) is 23.7 Å². The summed E-state index contributed by atoms with van der Waals surface area (Å²) in [6, 6.07) is 5.64. The van der Waals surface area contributed by atoms with E-state index in [1.165, 1.54) is 12.1 Å². The molecular weight excluding hydrogens is 321 g/mol. The van der Waals surface area contributed by atoms with Gasteiger partial charge in [-0.2, -0.15) is 0 Å². The smallest absolute Gasteiger partial charge is 0.406 e. The number of likely N-dealkylation sites (tertiary alicyclic amines) is 1. The Kier molecular flexibility index (Phi) is 6.10. The molecule has 1 saturated heterocycles. The first kappa shape index (κ1) is 18.6. The van der Waals surface area contributed by atoms with Gasteiger partial charge in [0, 0.05) is 25.0 Å². The van der Waals surface area contributed by atoms with Crippen molar-refractivity contribution in [1.82, 2.24) is 4.90 Å². The minimum atomic E-state index is -4.69. The van der Waals surface area contributed by atoms with Crippen LogP contribution in [0.2, 0.25) is 0 Å². The molecule has 1 aromatic carbocycles. The van der Waals surface area contributed by atoms with Crippen LogP contribution in [0, 0.1) is 0 Å². The number of carbonyl (C=O) groups is 1. The summed E-state index contributed by atoms with van der Waals surface area (Å²) >= 11 is 0. The first-order valence-electron chi connectivity index (χ1n) is 8.16. The Morgan fingerprint density at radius 3 is 2.58 bits per heavy atom. The number of nitrogens with two attached hydrogens (primary N) is 1. The molecule has 0 saturated carbocycles. The number of carbonyl (C=O) groups excluding carboxylic acids is 1. The van der Waals surface area contributed by atoms with E-state index in [0.717, 1.165) is 31.4 Å². The Labute approximate surface area is 139 Å². The van der Waals surface area contributed by atoms with Gasteiger partial charge in [-0.25, -0.2) is 0 Å². The Morgan fingerprint density at radius 1 is 1.33 bits per heavy atom. The van der Waals surface area contributed by atoms with E-state index in [1.54, 1.807) is 12.1 Å². The molecule has 2 rings (SSSR count). The summed E-state index contributed by atoms with van der Waals surface area (Å²) in [6.45, 7) is 2.64. The summed E-state index contributed by atoms with van der Waals surface area (Å²) in [5.74, 6) is -0.210. The number of halogens is 3. The van der Waals surface area contributed by atoms with Gasteiger partial charge in [-0.15, -0.1) is 13.2 Å². The maximum Gasteiger partial charge on any atom is 0.573 e. The van der Waals surface area contributed by atoms with Gasteiger partial charge < -0.3 is 15.4 Å². The van der Waals surface area contributed by atoms with Crippen LogP contribution in [-0.4, -0.2) is 35.8 Å². The molecule has 7 heteroatoms. The van der Waals surface area contributed by atoms with Gasteiger partial charge in [0.25, 0.3) is 0 Å². The predicted molar refractivity (Wildman–Crippen MR) is 84.4 cm³/mol. The summed E-state index contributed by atoms with van der Waals surface area (Å²) in [4.78, 5) is 14.3. The first-order valence-corrected chi connectivity index (χ1v) is 8.16. The number of hydrogen-bond donors (Lipinski definition) is 1. The fourth-order valence-corrected chi connectivity index (χ4v) is 3.07. The fraction of sp³-hybridized carbons (Fsp3) is 0.588. The summed E-state index contributed by atoms with van der Waals surface area (Å²) < 4.78 is 40.2. The topological polar surface area (TPSA) is 55.6 Å². The molecule has 2 atom stereocenters. The number of piperidine rings is 1. The first-order chi connectivity index (χ1) is 11.3. The van der Waals surface area contributed by atoms with Crippen molar-refractivity contribution < 1.29 is 22.7 Å². The van der Waals surface area contributed by atoms with Crippen LogP contribution in [0.15, 0.2) is 24.3 Å². The van der Waals surface area contributed by atoms with Crippen molar-refractivity contribution in [2.75, 3.05) is 6.54 Å². The van der Waals surface area contributed by atoms with Gasteiger partial charge in [0.1, 0.15) is 5.75 Å². The number of nitrogens with zero attached hydrogens (tertiary/aromatic N) is 1. The Hall–Kier alpha value is -1.76. The molecule has 1 aromatic rings. The average molecular weight is 344 g/mol. The highest BCUT2D eigenvalue weighted by Gasteiger charge is 2.31. The lowest BCUT2D eigenvalue weighted by atomic mass is 9.96. The quantitative estimate of drug-likeness (QED) is 0.892. The Morgan fingerprint density at radius 2 is 2.00 bits per heavy atom. The lowest BCUT2D eigenvalue weighted by Crippen LogP contribution is -2.51. The number of hydrogen-bond acceptors (Lipinski definition) is 3. The minimum absolute atomic E-state index is 0.0487. The fourth-order valence-electron chi connectivity index (χ4n) is 3.07. The highest BCUT2D eigenvalue weighted by atomic mass is 19.4. The maximum absolute atomic E-state index is 12.4. The van der Waals surface area contributed by atoms with Crippen LogP contribution in [-0.2, 0) is 11.2 Å². The molecule has 1 fully saturated rings. The van der Waals surface area contributed by atoms with E-state index >= 15 is 0 Å². The van der Waals surface area contributed by atoms with Crippen molar-refractivity contribution >= 4 is 5.91 Å². The third-order valence-corrected chi connectivity index (χ3v) is 4.26. The molecular formula is C17H23F3N2O2. The minimum Gasteiger partial charge on any atom is -0.406 e. The number of rotatable bonds is 5. The van der Waals surface area contributed by atoms with Crippen LogP contribution in [0.4, 0.5) is 13.2 Å². The summed E-state index contributed by atoms with van der Waals surface area (Å²) in [5.41, 5.74) is 6.77. The summed E-state index contributed by atoms with van der Waals surface area (Å²) in [6.07, 6.45) is -0.905. The zero-order chi connectivity index (χ0) is 17.7. The molecule has 0 aromatic heterocycles. The van der Waals surface area contributed by atoms with Crippen LogP contribution in [0.5, 0.6) is 5.75 Å². The monoisotopic (exact) mass is 344 g/mol. The van der Waals surface area contributed by atoms with E-state index in [4.69, 9.17) is 5.73 Å². The molecule has 24 heavy (non-hydrogen) atoms. The van der Waals surface area contributed by atoms with E-state index < -0.39 is 6.36 Å². The molecule has 134 valence electrons. The van der Waals surface area contributed by atoms with E-state index in [9.17, 15) is 18.0 Å². The van der Waals surface area contributed by atoms with Crippen molar-refractivity contribution in [2.24, 2.45) is 5.73 Å². The Balaban J connectivity index is 1.89. The molecule has 1 amide bonds. The molecule has 0 bridgehead atoms. The lowest BCUT2D eigenvalue weighted by Gasteiger charge is -2.38. The highest BCUT2D eigenvalue weighted by molar-refractivity contribution is 5.77. The average Bonchev–Trinajstić information content (AvgIpc) is 2.52. The largest absolute Gasteiger partial charge is 0.573 e. The molecule has 1 aliphatic heterocycles. The van der Waals surface area contributed by atoms with Gasteiger partial charge in [0.15, 0.2) is 0 Å². The van der Waals surface area contributed by atoms with Crippen LogP contribution >= 0.6 is 0 Å². The summed E-state index contributed by atoms with van der Waals surface area (Å²) in [5, 5.41) is 0. The van der Waals surface area contributed by atoms with Crippen molar-refractivity contribution in [3.05, 3.63) is 29.8 Å². The zero-order valence-electron chi connectivity index (χ0n) is 13.7. The molecule has 0 aliphatic carbocycles. The van der Waals surface area contributed by atoms with Crippen LogP contribution < -0.4 is 10.5 Å². The SMILES string of the molecule is CC(N)C1CCCCN1C(=O)CCc1ccc(OC(F)(F)F)cc1. The molecule has 4 nitrogen and oxygen atoms in total. The van der Waals surface area contributed by atoms with Gasteiger partial charge in [-0.3, -0.25) is 4.79 Å². The molecule has 1 aliphatic rings. The number of amides is 1. The van der Waals surface area contributed by atoms with Crippen LogP contribution in [0.1, 0.15) is 38.2 Å². The summed E-state index contributed by atoms with van der Waals surface area (Å²) in [7, 11) is 0. The van der Waals surface area contributed by atoms with Crippen molar-refractivity contribution in [1.29, 1.82) is 0 Å². The number of alkyl halides is 3. The normalized spacial score (nSPS) is 19.9. The third kappa shape index (κ3) is 5.40. The number of ether oxygens (including phenoxy) is 1. The van der Waals surface area contributed by atoms with Crippen LogP contribution in [0.3, 0.4) is 0 Å². The zero-order valence-corrected chi connectivity index (χ0v) is 13.7. The van der Waals surface area contributed by atoms with Crippen molar-refractivity contribution in [2.45, 2.75) is 57.5 Å². The number of benzene rings is 1. The van der Waals surface area contributed by atoms with Gasteiger partial charge in [-0.05, 0) is 50.3 Å². The third-order valence-electron chi connectivity index (χ3n) is 4.26. The second-order valence-electron chi connectivity index (χ2n) is 6.20. The predicted octanol–water partition coefficient (Wildman–Crippen LogP) is 3.25. The second-order valence-corrected chi connectivity index (χ2v) is 6.20. The molecule has 0 spiro atoms. The van der Waals surface area contributed by atoms with E-state index in [1.807, 2.05) is 11.8 Å². The molecule has 0 radical (unpaired) electrons. The second kappa shape index (κ2) is 7.88. The molecule has 2 N–H and O–H groups in total. The van der Waals surface area contributed by atoms with Crippen molar-refractivity contribution in [3.8, 4) is 5.75 Å². The molecule has 1 heterocycles. The maximum atomic E-state index is 12.4. The lowest BCUT2D eigenvalue weighted by molar-refractivity contribution is -0.274. The van der Waals surface area contributed by atoms with Gasteiger partial charge in [-0.1, -0.05) is 12.1 Å². The van der Waals surface area contributed by atoms with E-state index in [2.05, 4.69) is 4.74 Å².